The number of hydrogen-bond acceptors (Lipinski definition) is 2. The quantitative estimate of drug-likeness (QED) is 0.374. The fourth-order valence-electron chi connectivity index (χ4n) is 0.791. The Balaban J connectivity index is 2.36. The molecule has 48 valence electrons. The zero-order chi connectivity index (χ0) is 6.85. The van der Waals surface area contributed by atoms with Crippen LogP contribution in [0, 0.1) is 24.2 Å². The summed E-state index contributed by atoms with van der Waals surface area (Å²) in [6.45, 7) is 0. The summed E-state index contributed by atoms with van der Waals surface area (Å²) in [5.74, 6) is 2.49. The SMILES string of the molecule is C#C[C@@H]1C[C@@H]1C(=O)OC. The predicted octanol–water partition coefficient (Wildman–Crippen LogP) is 0.429. The smallest absolute Gasteiger partial charge is 0.309 e. The fraction of sp³-hybridized carbons (Fsp3) is 0.571. The predicted molar refractivity (Wildman–Crippen MR) is 32.4 cm³/mol. The minimum Gasteiger partial charge on any atom is -0.469 e. The van der Waals surface area contributed by atoms with Gasteiger partial charge in [0, 0.05) is 5.92 Å². The maximum Gasteiger partial charge on any atom is 0.309 e. The lowest BCUT2D eigenvalue weighted by Gasteiger charge is -1.91. The normalized spacial score (nSPS) is 30.7. The molecule has 0 amide bonds. The van der Waals surface area contributed by atoms with E-state index in [1.165, 1.54) is 7.11 Å². The molecule has 1 aliphatic carbocycles. The lowest BCUT2D eigenvalue weighted by molar-refractivity contribution is -0.142. The van der Waals surface area contributed by atoms with Gasteiger partial charge in [0.05, 0.1) is 13.0 Å². The van der Waals surface area contributed by atoms with E-state index in [1.54, 1.807) is 0 Å². The molecule has 0 N–H and O–H groups in total. The molecule has 0 heterocycles. The first-order valence-electron chi connectivity index (χ1n) is 2.83. The van der Waals surface area contributed by atoms with Gasteiger partial charge in [-0.05, 0) is 6.42 Å². The maximum absolute atomic E-state index is 10.6. The summed E-state index contributed by atoms with van der Waals surface area (Å²) in [5, 5.41) is 0. The zero-order valence-electron chi connectivity index (χ0n) is 5.26. The first-order valence-corrected chi connectivity index (χ1v) is 2.83. The fourth-order valence-corrected chi connectivity index (χ4v) is 0.791. The number of ether oxygens (including phenoxy) is 1. The Labute approximate surface area is 54.2 Å². The van der Waals surface area contributed by atoms with E-state index in [9.17, 15) is 4.79 Å². The molecule has 0 radical (unpaired) electrons. The molecule has 0 unspecified atom stereocenters. The molecule has 1 saturated carbocycles. The Morgan fingerprint density at radius 1 is 1.89 bits per heavy atom. The van der Waals surface area contributed by atoms with Crippen molar-refractivity contribution in [3.05, 3.63) is 0 Å². The summed E-state index contributed by atoms with van der Waals surface area (Å²) in [7, 11) is 1.38. The number of carbonyl (C=O) groups is 1. The van der Waals surface area contributed by atoms with Gasteiger partial charge in [0.25, 0.3) is 0 Å². The Morgan fingerprint density at radius 3 is 2.89 bits per heavy atom. The van der Waals surface area contributed by atoms with E-state index in [1.807, 2.05) is 0 Å². The lowest BCUT2D eigenvalue weighted by atomic mass is 10.3. The molecule has 0 aromatic carbocycles. The van der Waals surface area contributed by atoms with Crippen molar-refractivity contribution in [1.82, 2.24) is 0 Å². The van der Waals surface area contributed by atoms with Gasteiger partial charge in [0.15, 0.2) is 0 Å². The highest BCUT2D eigenvalue weighted by Crippen LogP contribution is 2.38. The standard InChI is InChI=1S/C7H8O2/c1-3-5-4-6(5)7(8)9-2/h1,5-6H,4H2,2H3/t5-,6+/m1/s1. The highest BCUT2D eigenvalue weighted by molar-refractivity contribution is 5.76. The first-order chi connectivity index (χ1) is 4.29. The number of carbonyl (C=O) groups excluding carboxylic acids is 1. The molecule has 1 rings (SSSR count). The molecule has 0 saturated heterocycles. The first kappa shape index (κ1) is 6.15. The van der Waals surface area contributed by atoms with Crippen LogP contribution in [0.4, 0.5) is 0 Å². The number of rotatable bonds is 1. The molecule has 0 aromatic heterocycles. The summed E-state index contributed by atoms with van der Waals surface area (Å²) >= 11 is 0. The summed E-state index contributed by atoms with van der Waals surface area (Å²) in [6.07, 6.45) is 5.87. The van der Waals surface area contributed by atoms with Gasteiger partial charge in [-0.25, -0.2) is 0 Å². The van der Waals surface area contributed by atoms with Gasteiger partial charge in [-0.3, -0.25) is 4.79 Å². The van der Waals surface area contributed by atoms with Crippen LogP contribution >= 0.6 is 0 Å². The van der Waals surface area contributed by atoms with Gasteiger partial charge < -0.3 is 4.74 Å². The average molecular weight is 124 g/mol. The van der Waals surface area contributed by atoms with Crippen molar-refractivity contribution in [3.8, 4) is 12.3 Å². The van der Waals surface area contributed by atoms with Crippen LogP contribution in [0.1, 0.15) is 6.42 Å². The minimum absolute atomic E-state index is 0.000000000000000222. The summed E-state index contributed by atoms with van der Waals surface area (Å²) < 4.78 is 4.47. The van der Waals surface area contributed by atoms with Crippen LogP contribution in [0.2, 0.25) is 0 Å². The highest BCUT2D eigenvalue weighted by atomic mass is 16.5. The lowest BCUT2D eigenvalue weighted by Crippen LogP contribution is -2.03. The van der Waals surface area contributed by atoms with E-state index in [2.05, 4.69) is 10.7 Å². The van der Waals surface area contributed by atoms with Gasteiger partial charge in [0.1, 0.15) is 0 Å². The topological polar surface area (TPSA) is 26.3 Å². The van der Waals surface area contributed by atoms with Gasteiger partial charge in [-0.1, -0.05) is 0 Å². The van der Waals surface area contributed by atoms with E-state index in [0.717, 1.165) is 6.42 Å². The Kier molecular flexibility index (Phi) is 1.44. The highest BCUT2D eigenvalue weighted by Gasteiger charge is 2.42. The van der Waals surface area contributed by atoms with Crippen molar-refractivity contribution in [3.63, 3.8) is 0 Å². The number of terminal acetylenes is 1. The Morgan fingerprint density at radius 2 is 2.56 bits per heavy atom. The number of methoxy groups -OCH3 is 1. The second kappa shape index (κ2) is 2.10. The molecule has 0 bridgehead atoms. The van der Waals surface area contributed by atoms with Crippen molar-refractivity contribution >= 4 is 5.97 Å². The van der Waals surface area contributed by atoms with Crippen LogP contribution in [0.15, 0.2) is 0 Å². The second-order valence-electron chi connectivity index (χ2n) is 2.14. The van der Waals surface area contributed by atoms with Crippen LogP contribution in [0.25, 0.3) is 0 Å². The Bertz CT molecular complexity index is 166. The molecule has 0 spiro atoms. The van der Waals surface area contributed by atoms with Crippen molar-refractivity contribution < 1.29 is 9.53 Å². The zero-order valence-corrected chi connectivity index (χ0v) is 5.26. The van der Waals surface area contributed by atoms with Crippen molar-refractivity contribution in [1.29, 1.82) is 0 Å². The average Bonchev–Trinajstić information content (AvgIpc) is 2.64. The summed E-state index contributed by atoms with van der Waals surface area (Å²) in [5.41, 5.74) is 0. The van der Waals surface area contributed by atoms with E-state index in [0.29, 0.717) is 0 Å². The molecule has 2 nitrogen and oxygen atoms in total. The van der Waals surface area contributed by atoms with Gasteiger partial charge in [-0.15, -0.1) is 12.3 Å². The van der Waals surface area contributed by atoms with Crippen LogP contribution in [0.3, 0.4) is 0 Å². The van der Waals surface area contributed by atoms with E-state index >= 15 is 0 Å². The van der Waals surface area contributed by atoms with Crippen LogP contribution in [0.5, 0.6) is 0 Å². The third kappa shape index (κ3) is 1.05. The molecule has 1 fully saturated rings. The molecule has 0 aromatic rings. The molecule has 2 atom stereocenters. The van der Waals surface area contributed by atoms with Gasteiger partial charge in [-0.2, -0.15) is 0 Å². The van der Waals surface area contributed by atoms with Crippen LogP contribution in [-0.2, 0) is 9.53 Å². The molecule has 9 heavy (non-hydrogen) atoms. The van der Waals surface area contributed by atoms with Crippen molar-refractivity contribution in [2.45, 2.75) is 6.42 Å². The molecule has 0 aliphatic heterocycles. The number of hydrogen-bond donors (Lipinski definition) is 0. The van der Waals surface area contributed by atoms with E-state index in [-0.39, 0.29) is 17.8 Å². The largest absolute Gasteiger partial charge is 0.469 e. The van der Waals surface area contributed by atoms with Crippen molar-refractivity contribution in [2.75, 3.05) is 7.11 Å². The number of esters is 1. The van der Waals surface area contributed by atoms with E-state index < -0.39 is 0 Å². The van der Waals surface area contributed by atoms with Crippen LogP contribution in [-0.4, -0.2) is 13.1 Å². The third-order valence-electron chi connectivity index (χ3n) is 1.51. The van der Waals surface area contributed by atoms with E-state index in [4.69, 9.17) is 6.42 Å². The van der Waals surface area contributed by atoms with Gasteiger partial charge >= 0.3 is 5.97 Å². The maximum atomic E-state index is 10.6. The molecule has 2 heteroatoms. The van der Waals surface area contributed by atoms with Crippen LogP contribution < -0.4 is 0 Å². The summed E-state index contributed by atoms with van der Waals surface area (Å²) in [6, 6.07) is 0. The molecular weight excluding hydrogens is 116 g/mol. The Hall–Kier alpha value is -0.970. The molecular formula is C7H8O2. The van der Waals surface area contributed by atoms with Crippen molar-refractivity contribution in [2.24, 2.45) is 11.8 Å². The summed E-state index contributed by atoms with van der Waals surface area (Å²) in [4.78, 5) is 10.6. The second-order valence-corrected chi connectivity index (χ2v) is 2.14. The molecule has 1 aliphatic rings. The minimum atomic E-state index is -0.169. The van der Waals surface area contributed by atoms with Gasteiger partial charge in [0.2, 0.25) is 0 Å². The monoisotopic (exact) mass is 124 g/mol. The third-order valence-corrected chi connectivity index (χ3v) is 1.51.